The minimum absolute atomic E-state index is 0.0906. The Labute approximate surface area is 116 Å². The Kier molecular flexibility index (Phi) is 3.60. The molecule has 0 spiro atoms. The summed E-state index contributed by atoms with van der Waals surface area (Å²) >= 11 is 4.20. The number of nitrogens with one attached hydrogen (secondary N) is 1. The van der Waals surface area contributed by atoms with Crippen LogP contribution in [0.1, 0.15) is 0 Å². The molecule has 3 N–H and O–H groups in total. The fourth-order valence-corrected chi connectivity index (χ4v) is 4.72. The van der Waals surface area contributed by atoms with Crippen molar-refractivity contribution in [3.63, 3.8) is 0 Å². The van der Waals surface area contributed by atoms with Crippen LogP contribution in [0.4, 0.5) is 15.8 Å². The van der Waals surface area contributed by atoms with Gasteiger partial charge in [0.1, 0.15) is 5.82 Å². The number of rotatable bonds is 3. The number of anilines is 2. The summed E-state index contributed by atoms with van der Waals surface area (Å²) in [6.07, 6.45) is 0. The number of thiophene rings is 1. The first-order chi connectivity index (χ1) is 8.38. The molecule has 2 aromatic rings. The first-order valence-electron chi connectivity index (χ1n) is 4.70. The Morgan fingerprint density at radius 3 is 2.61 bits per heavy atom. The molecule has 4 nitrogen and oxygen atoms in total. The summed E-state index contributed by atoms with van der Waals surface area (Å²) in [5, 5.41) is 1.64. The summed E-state index contributed by atoms with van der Waals surface area (Å²) in [6.45, 7) is 0. The van der Waals surface area contributed by atoms with Crippen molar-refractivity contribution >= 4 is 48.7 Å². The molecule has 1 heterocycles. The molecule has 0 atom stereocenters. The fourth-order valence-electron chi connectivity index (χ4n) is 1.34. The van der Waals surface area contributed by atoms with Gasteiger partial charge in [0, 0.05) is 10.2 Å². The van der Waals surface area contributed by atoms with Crippen LogP contribution in [-0.4, -0.2) is 8.42 Å². The van der Waals surface area contributed by atoms with Crippen LogP contribution in [0.15, 0.2) is 38.3 Å². The van der Waals surface area contributed by atoms with Crippen molar-refractivity contribution < 1.29 is 12.8 Å². The number of halogens is 2. The van der Waals surface area contributed by atoms with E-state index in [4.69, 9.17) is 5.73 Å². The molecule has 0 fully saturated rings. The molecule has 96 valence electrons. The lowest BCUT2D eigenvalue weighted by atomic mass is 10.3. The van der Waals surface area contributed by atoms with Crippen molar-refractivity contribution in [1.82, 2.24) is 0 Å². The largest absolute Gasteiger partial charge is 0.399 e. The molecule has 0 aliphatic heterocycles. The van der Waals surface area contributed by atoms with E-state index in [2.05, 4.69) is 20.7 Å². The normalized spacial score (nSPS) is 11.4. The van der Waals surface area contributed by atoms with Gasteiger partial charge in [-0.15, -0.1) is 11.3 Å². The maximum absolute atomic E-state index is 13.1. The van der Waals surface area contributed by atoms with Crippen LogP contribution in [0.3, 0.4) is 0 Å². The number of benzene rings is 1. The summed E-state index contributed by atoms with van der Waals surface area (Å²) in [4.78, 5) is 0. The summed E-state index contributed by atoms with van der Waals surface area (Å²) < 4.78 is 40.0. The molecule has 0 unspecified atom stereocenters. The van der Waals surface area contributed by atoms with Crippen molar-refractivity contribution in [3.05, 3.63) is 39.9 Å². The van der Waals surface area contributed by atoms with Crippen LogP contribution in [-0.2, 0) is 10.0 Å². The topological polar surface area (TPSA) is 72.2 Å². The number of hydrogen-bond donors (Lipinski definition) is 2. The predicted octanol–water partition coefficient (Wildman–Crippen LogP) is 3.03. The lowest BCUT2D eigenvalue weighted by Crippen LogP contribution is -2.12. The van der Waals surface area contributed by atoms with Crippen molar-refractivity contribution in [1.29, 1.82) is 0 Å². The molecule has 8 heteroatoms. The SMILES string of the molecule is Nc1cc(F)cc(NS(=O)(=O)c2sccc2Br)c1. The van der Waals surface area contributed by atoms with Crippen molar-refractivity contribution in [3.8, 4) is 0 Å². The van der Waals surface area contributed by atoms with Crippen LogP contribution in [0.5, 0.6) is 0 Å². The smallest absolute Gasteiger partial charge is 0.272 e. The molecular weight excluding hydrogens is 343 g/mol. The van der Waals surface area contributed by atoms with Crippen molar-refractivity contribution in [2.45, 2.75) is 4.21 Å². The van der Waals surface area contributed by atoms with Gasteiger partial charge >= 0.3 is 0 Å². The highest BCUT2D eigenvalue weighted by Crippen LogP contribution is 2.29. The van der Waals surface area contributed by atoms with Gasteiger partial charge in [-0.2, -0.15) is 0 Å². The van der Waals surface area contributed by atoms with E-state index in [1.54, 1.807) is 11.4 Å². The van der Waals surface area contributed by atoms with Crippen LogP contribution in [0, 0.1) is 5.82 Å². The standard InChI is InChI=1S/C10H8BrFN2O2S2/c11-9-1-2-17-10(9)18(15,16)14-8-4-6(12)3-7(13)5-8/h1-5,14H,13H2. The second-order valence-corrected chi connectivity index (χ2v) is 7.08. The Balaban J connectivity index is 2.37. The third-order valence-electron chi connectivity index (χ3n) is 2.00. The molecule has 1 aromatic carbocycles. The van der Waals surface area contributed by atoms with Crippen LogP contribution < -0.4 is 10.5 Å². The van der Waals surface area contributed by atoms with E-state index in [1.807, 2.05) is 0 Å². The summed E-state index contributed by atoms with van der Waals surface area (Å²) in [7, 11) is -3.73. The van der Waals surface area contributed by atoms with Gasteiger partial charge in [-0.25, -0.2) is 12.8 Å². The minimum Gasteiger partial charge on any atom is -0.399 e. The molecule has 0 bridgehead atoms. The molecule has 0 radical (unpaired) electrons. The van der Waals surface area contributed by atoms with Gasteiger partial charge < -0.3 is 5.73 Å². The van der Waals surface area contributed by atoms with Crippen molar-refractivity contribution in [2.75, 3.05) is 10.5 Å². The van der Waals surface area contributed by atoms with E-state index in [1.165, 1.54) is 6.07 Å². The van der Waals surface area contributed by atoms with Crippen LogP contribution in [0.2, 0.25) is 0 Å². The lowest BCUT2D eigenvalue weighted by Gasteiger charge is -2.07. The van der Waals surface area contributed by atoms with Gasteiger partial charge in [0.05, 0.1) is 5.69 Å². The van der Waals surface area contributed by atoms with Gasteiger partial charge in [0.2, 0.25) is 0 Å². The number of hydrogen-bond acceptors (Lipinski definition) is 4. The third kappa shape index (κ3) is 2.82. The van der Waals surface area contributed by atoms with Crippen LogP contribution in [0.25, 0.3) is 0 Å². The Morgan fingerprint density at radius 2 is 2.06 bits per heavy atom. The van der Waals surface area contributed by atoms with Gasteiger partial charge in [-0.05, 0) is 45.6 Å². The van der Waals surface area contributed by atoms with Gasteiger partial charge in [0.25, 0.3) is 10.0 Å². The Hall–Kier alpha value is -1.12. The maximum atomic E-state index is 13.1. The summed E-state index contributed by atoms with van der Waals surface area (Å²) in [6, 6.07) is 5.15. The average molecular weight is 351 g/mol. The molecular formula is C10H8BrFN2O2S2. The molecule has 0 amide bonds. The summed E-state index contributed by atoms with van der Waals surface area (Å²) in [5.41, 5.74) is 5.69. The molecule has 18 heavy (non-hydrogen) atoms. The van der Waals surface area contributed by atoms with E-state index in [0.717, 1.165) is 23.5 Å². The second kappa shape index (κ2) is 4.87. The van der Waals surface area contributed by atoms with E-state index in [0.29, 0.717) is 4.47 Å². The highest BCUT2D eigenvalue weighted by Gasteiger charge is 2.19. The van der Waals surface area contributed by atoms with E-state index in [-0.39, 0.29) is 15.6 Å². The molecule has 0 aliphatic rings. The van der Waals surface area contributed by atoms with Gasteiger partial charge in [-0.1, -0.05) is 0 Å². The van der Waals surface area contributed by atoms with E-state index in [9.17, 15) is 12.8 Å². The minimum atomic E-state index is -3.73. The fraction of sp³-hybridized carbons (Fsp3) is 0. The maximum Gasteiger partial charge on any atom is 0.272 e. The molecule has 2 rings (SSSR count). The number of nitrogens with two attached hydrogens (primary N) is 1. The molecule has 1 aromatic heterocycles. The Morgan fingerprint density at radius 1 is 1.33 bits per heavy atom. The van der Waals surface area contributed by atoms with E-state index < -0.39 is 15.8 Å². The zero-order chi connectivity index (χ0) is 13.3. The van der Waals surface area contributed by atoms with Crippen LogP contribution >= 0.6 is 27.3 Å². The first-order valence-corrected chi connectivity index (χ1v) is 7.86. The second-order valence-electron chi connectivity index (χ2n) is 3.43. The Bertz CT molecular complexity index is 665. The first kappa shape index (κ1) is 13.3. The quantitative estimate of drug-likeness (QED) is 0.835. The summed E-state index contributed by atoms with van der Waals surface area (Å²) in [5.74, 6) is -0.599. The number of nitrogen functional groups attached to an aromatic ring is 1. The molecule has 0 aliphatic carbocycles. The van der Waals surface area contributed by atoms with Crippen molar-refractivity contribution in [2.24, 2.45) is 0 Å². The lowest BCUT2D eigenvalue weighted by molar-refractivity contribution is 0.602. The number of sulfonamides is 1. The predicted molar refractivity (Wildman–Crippen MR) is 73.6 cm³/mol. The molecule has 0 saturated carbocycles. The molecule has 0 saturated heterocycles. The van der Waals surface area contributed by atoms with Gasteiger partial charge in [0.15, 0.2) is 4.21 Å². The van der Waals surface area contributed by atoms with E-state index >= 15 is 0 Å². The monoisotopic (exact) mass is 350 g/mol. The average Bonchev–Trinajstić information content (AvgIpc) is 2.62. The van der Waals surface area contributed by atoms with Gasteiger partial charge in [-0.3, -0.25) is 4.72 Å². The zero-order valence-corrected chi connectivity index (χ0v) is 12.1. The third-order valence-corrected chi connectivity index (χ3v) is 6.05. The zero-order valence-electron chi connectivity index (χ0n) is 8.85. The highest BCUT2D eigenvalue weighted by molar-refractivity contribution is 9.10. The highest BCUT2D eigenvalue weighted by atomic mass is 79.9.